The smallest absolute Gasteiger partial charge is 0.247 e. The molecule has 0 fully saturated rings. The first kappa shape index (κ1) is 10.2. The summed E-state index contributed by atoms with van der Waals surface area (Å²) in [5.74, 6) is 0.164. The molecule has 0 aliphatic heterocycles. The molecule has 2 rings (SSSR count). The Morgan fingerprint density at radius 2 is 2.47 bits per heavy atom. The molecule has 0 aliphatic carbocycles. The van der Waals surface area contributed by atoms with Crippen molar-refractivity contribution in [1.29, 1.82) is 0 Å². The van der Waals surface area contributed by atoms with Crippen LogP contribution in [0, 0.1) is 0 Å². The highest BCUT2D eigenvalue weighted by Gasteiger charge is 2.19. The van der Waals surface area contributed by atoms with Crippen LogP contribution in [0.5, 0.6) is 0 Å². The third-order valence-electron chi connectivity index (χ3n) is 2.05. The number of aromatic nitrogens is 2. The molecule has 0 aliphatic rings. The summed E-state index contributed by atoms with van der Waals surface area (Å²) in [5.41, 5.74) is 0.521. The first-order chi connectivity index (χ1) is 7.24. The second-order valence-corrected chi connectivity index (χ2v) is 3.82. The van der Waals surface area contributed by atoms with Crippen LogP contribution in [0.2, 0.25) is 0 Å². The molecular formula is C10H9BrN2O2. The van der Waals surface area contributed by atoms with Gasteiger partial charge in [0.25, 0.3) is 0 Å². The van der Waals surface area contributed by atoms with Crippen LogP contribution in [0.3, 0.4) is 0 Å². The van der Waals surface area contributed by atoms with Gasteiger partial charge in [-0.3, -0.25) is 9.48 Å². The maximum absolute atomic E-state index is 12.0. The van der Waals surface area contributed by atoms with Gasteiger partial charge in [-0.1, -0.05) is 0 Å². The lowest BCUT2D eigenvalue weighted by Gasteiger charge is -2.01. The molecule has 0 spiro atoms. The van der Waals surface area contributed by atoms with E-state index in [1.165, 1.54) is 6.26 Å². The zero-order valence-electron chi connectivity index (χ0n) is 8.11. The first-order valence-electron chi connectivity index (χ1n) is 4.53. The highest BCUT2D eigenvalue weighted by Crippen LogP contribution is 2.19. The van der Waals surface area contributed by atoms with Crippen molar-refractivity contribution >= 4 is 21.7 Å². The van der Waals surface area contributed by atoms with E-state index in [0.717, 1.165) is 0 Å². The number of hydrogen-bond donors (Lipinski definition) is 0. The van der Waals surface area contributed by atoms with Gasteiger partial charge in [-0.25, -0.2) is 0 Å². The molecule has 0 amide bonds. The fourth-order valence-electron chi connectivity index (χ4n) is 1.35. The number of ketones is 1. The van der Waals surface area contributed by atoms with Crippen LogP contribution >= 0.6 is 15.9 Å². The summed E-state index contributed by atoms with van der Waals surface area (Å²) < 4.78 is 7.38. The lowest BCUT2D eigenvalue weighted by atomic mass is 10.2. The quantitative estimate of drug-likeness (QED) is 0.804. The molecule has 2 heterocycles. The van der Waals surface area contributed by atoms with E-state index in [9.17, 15) is 4.79 Å². The minimum atomic E-state index is -0.161. The molecule has 78 valence electrons. The van der Waals surface area contributed by atoms with Gasteiger partial charge in [0.2, 0.25) is 5.78 Å². The zero-order chi connectivity index (χ0) is 10.8. The van der Waals surface area contributed by atoms with Crippen LogP contribution in [0.15, 0.2) is 33.5 Å². The fourth-order valence-corrected chi connectivity index (χ4v) is 1.83. The van der Waals surface area contributed by atoms with E-state index >= 15 is 0 Å². The van der Waals surface area contributed by atoms with Crippen molar-refractivity contribution < 1.29 is 9.21 Å². The van der Waals surface area contributed by atoms with Gasteiger partial charge in [-0.15, -0.1) is 0 Å². The fraction of sp³-hybridized carbons (Fsp3) is 0.200. The third-order valence-corrected chi connectivity index (χ3v) is 2.63. The van der Waals surface area contributed by atoms with Gasteiger partial charge in [-0.2, -0.15) is 5.10 Å². The second-order valence-electron chi connectivity index (χ2n) is 2.96. The minimum absolute atomic E-state index is 0.161. The molecule has 2 aromatic heterocycles. The van der Waals surface area contributed by atoms with Crippen molar-refractivity contribution in [3.63, 3.8) is 0 Å². The second kappa shape index (κ2) is 4.02. The van der Waals surface area contributed by atoms with Gasteiger partial charge in [0.05, 0.1) is 16.9 Å². The van der Waals surface area contributed by atoms with Gasteiger partial charge in [0, 0.05) is 6.54 Å². The molecular weight excluding hydrogens is 260 g/mol. The van der Waals surface area contributed by atoms with Crippen LogP contribution in [0.1, 0.15) is 23.2 Å². The van der Waals surface area contributed by atoms with Crippen LogP contribution in [-0.4, -0.2) is 15.6 Å². The highest BCUT2D eigenvalue weighted by molar-refractivity contribution is 9.10. The summed E-state index contributed by atoms with van der Waals surface area (Å²) in [4.78, 5) is 12.0. The van der Waals surface area contributed by atoms with E-state index in [2.05, 4.69) is 21.0 Å². The summed E-state index contributed by atoms with van der Waals surface area (Å²) in [6.07, 6.45) is 3.09. The number of furan rings is 1. The van der Waals surface area contributed by atoms with Crippen LogP contribution in [0.25, 0.3) is 0 Å². The van der Waals surface area contributed by atoms with E-state index in [-0.39, 0.29) is 5.78 Å². The normalized spacial score (nSPS) is 10.5. The standard InChI is InChI=1S/C10H9BrN2O2/c1-2-13-9(7(11)6-12-13)10(14)8-4-3-5-15-8/h3-6H,2H2,1H3. The summed E-state index contributed by atoms with van der Waals surface area (Å²) >= 11 is 3.30. The average molecular weight is 269 g/mol. The monoisotopic (exact) mass is 268 g/mol. The summed E-state index contributed by atoms with van der Waals surface area (Å²) in [6, 6.07) is 3.33. The topological polar surface area (TPSA) is 48.0 Å². The van der Waals surface area contributed by atoms with E-state index in [1.54, 1.807) is 23.0 Å². The van der Waals surface area contributed by atoms with Gasteiger partial charge in [0.1, 0.15) is 5.69 Å². The van der Waals surface area contributed by atoms with E-state index < -0.39 is 0 Å². The SMILES string of the molecule is CCn1ncc(Br)c1C(=O)c1ccco1. The van der Waals surface area contributed by atoms with Crippen LogP contribution in [-0.2, 0) is 6.54 Å². The van der Waals surface area contributed by atoms with Crippen molar-refractivity contribution in [1.82, 2.24) is 9.78 Å². The minimum Gasteiger partial charge on any atom is -0.461 e. The Morgan fingerprint density at radius 1 is 1.67 bits per heavy atom. The van der Waals surface area contributed by atoms with Gasteiger partial charge >= 0.3 is 0 Å². The molecule has 4 nitrogen and oxygen atoms in total. The predicted octanol–water partition coefficient (Wildman–Crippen LogP) is 2.49. The largest absolute Gasteiger partial charge is 0.461 e. The molecule has 5 heteroatoms. The van der Waals surface area contributed by atoms with Crippen molar-refractivity contribution in [2.75, 3.05) is 0 Å². The first-order valence-corrected chi connectivity index (χ1v) is 5.33. The maximum atomic E-state index is 12.0. The summed E-state index contributed by atoms with van der Waals surface area (Å²) in [5, 5.41) is 4.07. The van der Waals surface area contributed by atoms with Gasteiger partial charge in [0.15, 0.2) is 5.76 Å². The molecule has 0 N–H and O–H groups in total. The molecule has 2 aromatic rings. The molecule has 0 saturated carbocycles. The molecule has 0 aromatic carbocycles. The van der Waals surface area contributed by atoms with Crippen LogP contribution < -0.4 is 0 Å². The Kier molecular flexibility index (Phi) is 2.73. The number of carbonyl (C=O) groups excluding carboxylic acids is 1. The Bertz CT molecular complexity index is 474. The molecule has 15 heavy (non-hydrogen) atoms. The maximum Gasteiger partial charge on any atom is 0.247 e. The molecule has 0 radical (unpaired) electrons. The Balaban J connectivity index is 2.45. The average Bonchev–Trinajstić information content (AvgIpc) is 2.85. The number of aryl methyl sites for hydroxylation is 1. The molecule has 0 atom stereocenters. The number of rotatable bonds is 3. The van der Waals surface area contributed by atoms with Crippen molar-refractivity contribution in [2.24, 2.45) is 0 Å². The molecule has 0 saturated heterocycles. The van der Waals surface area contributed by atoms with Crippen molar-refractivity contribution in [2.45, 2.75) is 13.5 Å². The Morgan fingerprint density at radius 3 is 3.07 bits per heavy atom. The number of hydrogen-bond acceptors (Lipinski definition) is 3. The van der Waals surface area contributed by atoms with E-state index in [0.29, 0.717) is 22.5 Å². The van der Waals surface area contributed by atoms with E-state index in [4.69, 9.17) is 4.42 Å². The lowest BCUT2D eigenvalue weighted by molar-refractivity contribution is 0.0998. The van der Waals surface area contributed by atoms with Gasteiger partial charge in [-0.05, 0) is 35.0 Å². The number of halogens is 1. The van der Waals surface area contributed by atoms with E-state index in [1.807, 2.05) is 6.92 Å². The number of nitrogens with zero attached hydrogens (tertiary/aromatic N) is 2. The van der Waals surface area contributed by atoms with Crippen LogP contribution in [0.4, 0.5) is 0 Å². The summed E-state index contributed by atoms with van der Waals surface area (Å²) in [6.45, 7) is 2.58. The third kappa shape index (κ3) is 1.74. The summed E-state index contributed by atoms with van der Waals surface area (Å²) in [7, 11) is 0. The molecule has 0 bridgehead atoms. The Hall–Kier alpha value is -1.36. The van der Waals surface area contributed by atoms with Gasteiger partial charge < -0.3 is 4.42 Å². The van der Waals surface area contributed by atoms with Crippen molar-refractivity contribution in [3.8, 4) is 0 Å². The van der Waals surface area contributed by atoms with Crippen molar-refractivity contribution in [3.05, 3.63) is 40.5 Å². The zero-order valence-corrected chi connectivity index (χ0v) is 9.69. The number of carbonyl (C=O) groups is 1. The highest BCUT2D eigenvalue weighted by atomic mass is 79.9. The molecule has 0 unspecified atom stereocenters. The lowest BCUT2D eigenvalue weighted by Crippen LogP contribution is -2.10. The predicted molar refractivity (Wildman–Crippen MR) is 57.7 cm³/mol. The Labute approximate surface area is 95.0 Å².